The van der Waals surface area contributed by atoms with Crippen molar-refractivity contribution < 1.29 is 14.5 Å². The highest BCUT2D eigenvalue weighted by atomic mass is 16.6. The van der Waals surface area contributed by atoms with Gasteiger partial charge >= 0.3 is 0 Å². The number of anilines is 2. The summed E-state index contributed by atoms with van der Waals surface area (Å²) in [5.41, 5.74) is 3.16. The molecule has 146 valence electrons. The molecule has 1 N–H and O–H groups in total. The van der Waals surface area contributed by atoms with Gasteiger partial charge in [0.1, 0.15) is 6.54 Å². The number of nitro benzene ring substituents is 1. The number of amides is 2. The van der Waals surface area contributed by atoms with Gasteiger partial charge in [0.05, 0.1) is 4.92 Å². The van der Waals surface area contributed by atoms with Crippen molar-refractivity contribution >= 4 is 28.9 Å². The van der Waals surface area contributed by atoms with Crippen molar-refractivity contribution in [2.45, 2.75) is 39.0 Å². The molecular formula is C21H23N3O4. The molecule has 0 spiro atoms. The number of nitrogens with one attached hydrogen (secondary N) is 1. The smallest absolute Gasteiger partial charge is 0.269 e. The molecular weight excluding hydrogens is 358 g/mol. The fourth-order valence-electron chi connectivity index (χ4n) is 3.31. The van der Waals surface area contributed by atoms with Gasteiger partial charge in [-0.25, -0.2) is 0 Å². The van der Waals surface area contributed by atoms with Gasteiger partial charge in [0.2, 0.25) is 11.8 Å². The summed E-state index contributed by atoms with van der Waals surface area (Å²) in [6.07, 6.45) is 3.93. The number of hydrogen-bond donors (Lipinski definition) is 1. The van der Waals surface area contributed by atoms with Gasteiger partial charge in [-0.15, -0.1) is 0 Å². The lowest BCUT2D eigenvalue weighted by atomic mass is 10.0. The van der Waals surface area contributed by atoms with Gasteiger partial charge in [-0.3, -0.25) is 19.7 Å². The molecule has 2 amide bonds. The molecule has 28 heavy (non-hydrogen) atoms. The minimum atomic E-state index is -0.460. The van der Waals surface area contributed by atoms with Crippen molar-refractivity contribution in [1.82, 2.24) is 0 Å². The number of aryl methyl sites for hydroxylation is 2. The topological polar surface area (TPSA) is 92.6 Å². The van der Waals surface area contributed by atoms with E-state index in [1.165, 1.54) is 22.6 Å². The zero-order chi connectivity index (χ0) is 20.1. The Morgan fingerprint density at radius 2 is 1.93 bits per heavy atom. The van der Waals surface area contributed by atoms with Gasteiger partial charge in [-0.1, -0.05) is 25.5 Å². The summed E-state index contributed by atoms with van der Waals surface area (Å²) < 4.78 is 0. The first-order valence-electron chi connectivity index (χ1n) is 9.44. The monoisotopic (exact) mass is 381 g/mol. The number of fused-ring (bicyclic) bond motifs is 1. The Morgan fingerprint density at radius 1 is 1.18 bits per heavy atom. The van der Waals surface area contributed by atoms with E-state index in [2.05, 4.69) is 12.2 Å². The van der Waals surface area contributed by atoms with Crippen LogP contribution in [0.3, 0.4) is 0 Å². The maximum atomic E-state index is 12.5. The second kappa shape index (κ2) is 8.65. The molecule has 3 rings (SSSR count). The van der Waals surface area contributed by atoms with Crippen molar-refractivity contribution in [3.05, 3.63) is 63.7 Å². The van der Waals surface area contributed by atoms with Crippen LogP contribution in [0.25, 0.3) is 0 Å². The predicted molar refractivity (Wildman–Crippen MR) is 107 cm³/mol. The van der Waals surface area contributed by atoms with Gasteiger partial charge in [0.15, 0.2) is 0 Å². The normalized spacial score (nSPS) is 13.2. The second-order valence-corrected chi connectivity index (χ2v) is 6.90. The van der Waals surface area contributed by atoms with Crippen LogP contribution in [0, 0.1) is 10.1 Å². The molecule has 0 saturated heterocycles. The molecule has 0 saturated carbocycles. The summed E-state index contributed by atoms with van der Waals surface area (Å²) in [6.45, 7) is 2.02. The first-order chi connectivity index (χ1) is 13.5. The lowest BCUT2D eigenvalue weighted by Crippen LogP contribution is -2.40. The third kappa shape index (κ3) is 4.54. The average Bonchev–Trinajstić information content (AvgIpc) is 2.69. The van der Waals surface area contributed by atoms with Crippen LogP contribution in [0.1, 0.15) is 37.3 Å². The van der Waals surface area contributed by atoms with Crippen LogP contribution >= 0.6 is 0 Å². The molecule has 1 heterocycles. The summed E-state index contributed by atoms with van der Waals surface area (Å²) in [4.78, 5) is 36.7. The lowest BCUT2D eigenvalue weighted by molar-refractivity contribution is -0.384. The highest BCUT2D eigenvalue weighted by molar-refractivity contribution is 6.04. The summed E-state index contributed by atoms with van der Waals surface area (Å²) >= 11 is 0. The molecule has 7 heteroatoms. The molecule has 0 atom stereocenters. The number of benzene rings is 2. The molecule has 7 nitrogen and oxygen atoms in total. The van der Waals surface area contributed by atoms with E-state index in [4.69, 9.17) is 0 Å². The van der Waals surface area contributed by atoms with Gasteiger partial charge in [-0.2, -0.15) is 0 Å². The van der Waals surface area contributed by atoms with E-state index >= 15 is 0 Å². The summed E-state index contributed by atoms with van der Waals surface area (Å²) in [7, 11) is 0. The maximum Gasteiger partial charge on any atom is 0.269 e. The minimum absolute atomic E-state index is 0.0133. The molecule has 1 aliphatic rings. The van der Waals surface area contributed by atoms with E-state index in [1.54, 1.807) is 6.07 Å². The summed E-state index contributed by atoms with van der Waals surface area (Å²) in [5.74, 6) is -0.465. The largest absolute Gasteiger partial charge is 0.325 e. The van der Waals surface area contributed by atoms with E-state index in [-0.39, 0.29) is 30.5 Å². The fraction of sp³-hybridized carbons (Fsp3) is 0.333. The second-order valence-electron chi connectivity index (χ2n) is 6.90. The summed E-state index contributed by atoms with van der Waals surface area (Å²) in [5, 5.41) is 13.8. The Labute approximate surface area is 163 Å². The third-order valence-electron chi connectivity index (χ3n) is 4.83. The molecule has 0 fully saturated rings. The zero-order valence-electron chi connectivity index (χ0n) is 15.8. The maximum absolute atomic E-state index is 12.5. The van der Waals surface area contributed by atoms with Gasteiger partial charge in [0, 0.05) is 29.9 Å². The molecule has 0 aromatic heterocycles. The van der Waals surface area contributed by atoms with E-state index in [0.29, 0.717) is 23.4 Å². The van der Waals surface area contributed by atoms with Gasteiger partial charge in [0.25, 0.3) is 5.69 Å². The van der Waals surface area contributed by atoms with Crippen LogP contribution in [0.15, 0.2) is 42.5 Å². The number of nitrogens with zero attached hydrogens (tertiary/aromatic N) is 2. The Morgan fingerprint density at radius 3 is 2.61 bits per heavy atom. The van der Waals surface area contributed by atoms with Crippen molar-refractivity contribution in [3.8, 4) is 0 Å². The molecule has 0 bridgehead atoms. The number of carbonyl (C=O) groups is 2. The van der Waals surface area contributed by atoms with Gasteiger partial charge in [-0.05, 0) is 48.6 Å². The molecule has 2 aromatic carbocycles. The number of nitro groups is 1. The number of hydrogen-bond acceptors (Lipinski definition) is 4. The number of carbonyl (C=O) groups excluding carboxylic acids is 2. The Kier molecular flexibility index (Phi) is 6.03. The van der Waals surface area contributed by atoms with E-state index < -0.39 is 4.92 Å². The van der Waals surface area contributed by atoms with Crippen molar-refractivity contribution in [2.24, 2.45) is 0 Å². The number of non-ortho nitro benzene ring substituents is 1. The molecule has 0 unspecified atom stereocenters. The van der Waals surface area contributed by atoms with E-state index in [9.17, 15) is 19.7 Å². The quantitative estimate of drug-likeness (QED) is 0.582. The number of rotatable bonds is 7. The first-order valence-corrected chi connectivity index (χ1v) is 9.44. The summed E-state index contributed by atoms with van der Waals surface area (Å²) in [6, 6.07) is 12.1. The Balaban J connectivity index is 1.68. The fourth-order valence-corrected chi connectivity index (χ4v) is 3.31. The molecule has 0 radical (unpaired) electrons. The molecule has 2 aromatic rings. The van der Waals surface area contributed by atoms with Crippen LogP contribution in [-0.4, -0.2) is 23.3 Å². The van der Waals surface area contributed by atoms with Gasteiger partial charge < -0.3 is 10.2 Å². The van der Waals surface area contributed by atoms with Crippen molar-refractivity contribution in [2.75, 3.05) is 16.8 Å². The zero-order valence-corrected chi connectivity index (χ0v) is 15.8. The lowest BCUT2D eigenvalue weighted by Gasteiger charge is -2.28. The predicted octanol–water partition coefficient (Wildman–Crippen LogP) is 3.86. The van der Waals surface area contributed by atoms with Crippen LogP contribution in [0.4, 0.5) is 17.1 Å². The standard InChI is InChI=1S/C21H23N3O4/c1-2-3-4-15-5-8-17(9-6-15)22-20(25)14-23-19-11-10-18(24(27)28)13-16(19)7-12-21(23)26/h5-6,8-11,13H,2-4,7,12,14H2,1H3,(H,22,25). The number of unbranched alkanes of at least 4 members (excludes halogenated alkanes) is 1. The third-order valence-corrected chi connectivity index (χ3v) is 4.83. The van der Waals surface area contributed by atoms with E-state index in [1.807, 2.05) is 24.3 Å². The SMILES string of the molecule is CCCCc1ccc(NC(=O)CN2C(=O)CCc3cc([N+](=O)[O-])ccc32)cc1. The van der Waals surface area contributed by atoms with Crippen LogP contribution in [0.5, 0.6) is 0 Å². The minimum Gasteiger partial charge on any atom is -0.325 e. The van der Waals surface area contributed by atoms with E-state index in [0.717, 1.165) is 19.3 Å². The average molecular weight is 381 g/mol. The van der Waals surface area contributed by atoms with Crippen molar-refractivity contribution in [3.63, 3.8) is 0 Å². The Bertz CT molecular complexity index is 893. The highest BCUT2D eigenvalue weighted by Crippen LogP contribution is 2.31. The molecule has 0 aliphatic carbocycles. The highest BCUT2D eigenvalue weighted by Gasteiger charge is 2.27. The van der Waals surface area contributed by atoms with Crippen LogP contribution in [-0.2, 0) is 22.4 Å². The Hall–Kier alpha value is -3.22. The first kappa shape index (κ1) is 19.5. The van der Waals surface area contributed by atoms with Crippen LogP contribution < -0.4 is 10.2 Å². The molecule has 1 aliphatic heterocycles. The van der Waals surface area contributed by atoms with Crippen LogP contribution in [0.2, 0.25) is 0 Å². The van der Waals surface area contributed by atoms with Crippen molar-refractivity contribution in [1.29, 1.82) is 0 Å².